The van der Waals surface area contributed by atoms with Crippen molar-refractivity contribution in [2.24, 2.45) is 0 Å². The van der Waals surface area contributed by atoms with Crippen LogP contribution in [0.25, 0.3) is 11.1 Å². The number of hydrogen-bond donors (Lipinski definition) is 3. The van der Waals surface area contributed by atoms with Crippen LogP contribution in [0.5, 0.6) is 0 Å². The summed E-state index contributed by atoms with van der Waals surface area (Å²) in [6.07, 6.45) is 4.62. The molecule has 0 saturated heterocycles. The highest BCUT2D eigenvalue weighted by Crippen LogP contribution is 2.44. The van der Waals surface area contributed by atoms with E-state index in [-0.39, 0.29) is 24.5 Å². The van der Waals surface area contributed by atoms with Gasteiger partial charge in [-0.15, -0.1) is 12.3 Å². The van der Waals surface area contributed by atoms with Crippen LogP contribution >= 0.6 is 0 Å². The van der Waals surface area contributed by atoms with E-state index in [1.165, 1.54) is 12.1 Å². The van der Waals surface area contributed by atoms with Gasteiger partial charge in [0.1, 0.15) is 12.6 Å². The molecule has 1 aliphatic carbocycles. The Kier molecular flexibility index (Phi) is 6.83. The molecule has 0 aromatic heterocycles. The van der Waals surface area contributed by atoms with Crippen molar-refractivity contribution in [2.45, 2.75) is 25.3 Å². The highest BCUT2D eigenvalue weighted by molar-refractivity contribution is 5.97. The molecule has 176 valence electrons. The van der Waals surface area contributed by atoms with Crippen molar-refractivity contribution < 1.29 is 24.2 Å². The molecule has 7 heteroatoms. The molecule has 0 bridgehead atoms. The normalized spacial score (nSPS) is 12.6. The maximum Gasteiger partial charge on any atom is 0.407 e. The van der Waals surface area contributed by atoms with E-state index in [1.807, 2.05) is 48.5 Å². The van der Waals surface area contributed by atoms with E-state index < -0.39 is 24.0 Å². The highest BCUT2D eigenvalue weighted by atomic mass is 16.5. The number of hydrogen-bond acceptors (Lipinski definition) is 4. The number of anilines is 1. The fraction of sp³-hybridized carbons (Fsp3) is 0.179. The van der Waals surface area contributed by atoms with Crippen LogP contribution in [-0.2, 0) is 9.53 Å². The number of aryl methyl sites for hydroxylation is 1. The van der Waals surface area contributed by atoms with E-state index in [9.17, 15) is 14.4 Å². The molecular weight excluding hydrogens is 444 g/mol. The van der Waals surface area contributed by atoms with Gasteiger partial charge in [-0.3, -0.25) is 4.79 Å². The second-order valence-corrected chi connectivity index (χ2v) is 8.25. The first-order chi connectivity index (χ1) is 16.9. The van der Waals surface area contributed by atoms with E-state index >= 15 is 0 Å². The molecule has 0 saturated carbocycles. The van der Waals surface area contributed by atoms with Crippen molar-refractivity contribution >= 4 is 23.7 Å². The van der Waals surface area contributed by atoms with E-state index in [0.29, 0.717) is 11.3 Å². The maximum absolute atomic E-state index is 12.8. The van der Waals surface area contributed by atoms with E-state index in [2.05, 4.69) is 16.6 Å². The first-order valence-corrected chi connectivity index (χ1v) is 11.1. The summed E-state index contributed by atoms with van der Waals surface area (Å²) in [5, 5.41) is 14.4. The summed E-state index contributed by atoms with van der Waals surface area (Å²) in [5.41, 5.74) is 5.43. The van der Waals surface area contributed by atoms with Gasteiger partial charge in [0.15, 0.2) is 0 Å². The van der Waals surface area contributed by atoms with Gasteiger partial charge in [-0.25, -0.2) is 9.59 Å². The van der Waals surface area contributed by atoms with Gasteiger partial charge >= 0.3 is 12.1 Å². The molecule has 0 fully saturated rings. The average Bonchev–Trinajstić information content (AvgIpc) is 3.16. The Labute approximate surface area is 203 Å². The van der Waals surface area contributed by atoms with Gasteiger partial charge in [-0.05, 0) is 52.9 Å². The Bertz CT molecular complexity index is 1300. The van der Waals surface area contributed by atoms with Crippen LogP contribution < -0.4 is 10.6 Å². The van der Waals surface area contributed by atoms with Gasteiger partial charge in [0, 0.05) is 18.0 Å². The summed E-state index contributed by atoms with van der Waals surface area (Å²) >= 11 is 0. The standard InChI is InChI=1S/C28H24N2O5/c1-3-8-25(26(31)29-18-13-14-19(27(32)33)17(2)15-18)30-28(34)35-16-24-22-11-6-4-9-20(22)21-10-5-7-12-23(21)24/h1,4-7,9-15,24-25H,8,16H2,2H3,(H,29,31)(H,30,34)(H,32,33). The van der Waals surface area contributed by atoms with Crippen molar-refractivity contribution in [3.63, 3.8) is 0 Å². The number of ether oxygens (including phenoxy) is 1. The Morgan fingerprint density at radius 2 is 1.66 bits per heavy atom. The van der Waals surface area contributed by atoms with Crippen molar-refractivity contribution in [1.82, 2.24) is 5.32 Å². The predicted molar refractivity (Wildman–Crippen MR) is 132 cm³/mol. The Hall–Kier alpha value is -4.57. The lowest BCUT2D eigenvalue weighted by Gasteiger charge is -2.18. The smallest absolute Gasteiger partial charge is 0.407 e. The zero-order valence-electron chi connectivity index (χ0n) is 19.1. The molecule has 3 aromatic carbocycles. The van der Waals surface area contributed by atoms with E-state index in [4.69, 9.17) is 16.3 Å². The molecule has 1 aliphatic rings. The summed E-state index contributed by atoms with van der Waals surface area (Å²) in [5.74, 6) is 0.700. The van der Waals surface area contributed by atoms with Crippen LogP contribution in [0.3, 0.4) is 0 Å². The zero-order valence-corrected chi connectivity index (χ0v) is 19.1. The molecule has 3 aromatic rings. The van der Waals surface area contributed by atoms with E-state index in [1.54, 1.807) is 13.0 Å². The summed E-state index contributed by atoms with van der Waals surface area (Å²) in [4.78, 5) is 36.5. The molecular formula is C28H24N2O5. The SMILES string of the molecule is C#CCC(NC(=O)OCC1c2ccccc2-c2ccccc21)C(=O)Nc1ccc(C(=O)O)c(C)c1. The zero-order chi connectivity index (χ0) is 24.9. The number of aromatic carboxylic acids is 1. The molecule has 1 unspecified atom stereocenters. The Morgan fingerprint density at radius 3 is 2.23 bits per heavy atom. The van der Waals surface area contributed by atoms with Crippen LogP contribution in [-0.4, -0.2) is 35.7 Å². The van der Waals surface area contributed by atoms with Crippen LogP contribution in [0.4, 0.5) is 10.5 Å². The molecule has 0 heterocycles. The molecule has 0 aliphatic heterocycles. The molecule has 1 atom stereocenters. The number of fused-ring (bicyclic) bond motifs is 3. The minimum Gasteiger partial charge on any atom is -0.478 e. The summed E-state index contributed by atoms with van der Waals surface area (Å²) < 4.78 is 5.51. The van der Waals surface area contributed by atoms with Gasteiger partial charge in [-0.1, -0.05) is 48.5 Å². The largest absolute Gasteiger partial charge is 0.478 e. The first-order valence-electron chi connectivity index (χ1n) is 11.1. The first kappa shape index (κ1) is 23.6. The molecule has 4 rings (SSSR count). The van der Waals surface area contributed by atoms with Gasteiger partial charge in [-0.2, -0.15) is 0 Å². The number of rotatable bonds is 7. The molecule has 7 nitrogen and oxygen atoms in total. The number of amides is 2. The molecule has 35 heavy (non-hydrogen) atoms. The number of nitrogens with one attached hydrogen (secondary N) is 2. The number of carboxylic acid groups (broad SMARTS) is 1. The fourth-order valence-electron chi connectivity index (χ4n) is 4.32. The second kappa shape index (κ2) is 10.1. The molecule has 3 N–H and O–H groups in total. The monoisotopic (exact) mass is 468 g/mol. The lowest BCUT2D eigenvalue weighted by molar-refractivity contribution is -0.118. The molecule has 0 spiro atoms. The van der Waals surface area contributed by atoms with Crippen molar-refractivity contribution in [1.29, 1.82) is 0 Å². The van der Waals surface area contributed by atoms with Crippen LogP contribution in [0, 0.1) is 19.3 Å². The van der Waals surface area contributed by atoms with Crippen molar-refractivity contribution in [3.8, 4) is 23.5 Å². The number of carbonyl (C=O) groups is 3. The third kappa shape index (κ3) is 5.02. The van der Waals surface area contributed by atoms with Crippen molar-refractivity contribution in [2.75, 3.05) is 11.9 Å². The summed E-state index contributed by atoms with van der Waals surface area (Å²) in [7, 11) is 0. The second-order valence-electron chi connectivity index (χ2n) is 8.25. The lowest BCUT2D eigenvalue weighted by atomic mass is 9.98. The Morgan fingerprint density at radius 1 is 1.03 bits per heavy atom. The number of carbonyl (C=O) groups excluding carboxylic acids is 2. The van der Waals surface area contributed by atoms with Gasteiger partial charge in [0.05, 0.1) is 5.56 Å². The van der Waals surface area contributed by atoms with Gasteiger partial charge in [0.2, 0.25) is 5.91 Å². The minimum atomic E-state index is -1.05. The van der Waals surface area contributed by atoms with Crippen molar-refractivity contribution in [3.05, 3.63) is 89.0 Å². The topological polar surface area (TPSA) is 105 Å². The highest BCUT2D eigenvalue weighted by Gasteiger charge is 2.29. The molecule has 0 radical (unpaired) electrons. The maximum atomic E-state index is 12.8. The van der Waals surface area contributed by atoms with E-state index in [0.717, 1.165) is 22.3 Å². The number of benzene rings is 3. The lowest BCUT2D eigenvalue weighted by Crippen LogP contribution is -2.44. The quantitative estimate of drug-likeness (QED) is 0.441. The average molecular weight is 469 g/mol. The summed E-state index contributed by atoms with van der Waals surface area (Å²) in [6, 6.07) is 19.4. The van der Waals surface area contributed by atoms with Crippen LogP contribution in [0.15, 0.2) is 66.7 Å². The third-order valence-electron chi connectivity index (χ3n) is 6.00. The van der Waals surface area contributed by atoms with Gasteiger partial charge in [0.25, 0.3) is 0 Å². The van der Waals surface area contributed by atoms with Gasteiger partial charge < -0.3 is 20.5 Å². The van der Waals surface area contributed by atoms with Crippen LogP contribution in [0.1, 0.15) is 39.4 Å². The third-order valence-corrected chi connectivity index (χ3v) is 6.00. The number of carboxylic acids is 1. The Balaban J connectivity index is 1.41. The minimum absolute atomic E-state index is 0.0395. The summed E-state index contributed by atoms with van der Waals surface area (Å²) in [6.45, 7) is 1.74. The number of alkyl carbamates (subject to hydrolysis) is 1. The predicted octanol–water partition coefficient (Wildman–Crippen LogP) is 4.56. The van der Waals surface area contributed by atoms with Crippen LogP contribution in [0.2, 0.25) is 0 Å². The number of terminal acetylenes is 1. The fourth-order valence-corrected chi connectivity index (χ4v) is 4.32. The molecule has 2 amide bonds.